The van der Waals surface area contributed by atoms with Gasteiger partial charge < -0.3 is 20.9 Å². The molecule has 50 heavy (non-hydrogen) atoms. The Bertz CT molecular complexity index is 1970. The van der Waals surface area contributed by atoms with Gasteiger partial charge in [-0.2, -0.15) is 0 Å². The predicted molar refractivity (Wildman–Crippen MR) is 190 cm³/mol. The zero-order valence-corrected chi connectivity index (χ0v) is 28.4. The summed E-state index contributed by atoms with van der Waals surface area (Å²) in [5.41, 5.74) is 9.35. The Hall–Kier alpha value is -5.48. The smallest absolute Gasteiger partial charge is 0.254 e. The van der Waals surface area contributed by atoms with Gasteiger partial charge in [-0.15, -0.1) is 0 Å². The van der Waals surface area contributed by atoms with Crippen LogP contribution >= 0.6 is 0 Å². The van der Waals surface area contributed by atoms with E-state index in [2.05, 4.69) is 10.3 Å². The Morgan fingerprint density at radius 2 is 1.42 bits per heavy atom. The molecule has 3 atom stereocenters. The molecule has 0 bridgehead atoms. The normalized spacial score (nSPS) is 12.9. The van der Waals surface area contributed by atoms with Gasteiger partial charge in [0, 0.05) is 57.5 Å². The molecule has 0 spiro atoms. The van der Waals surface area contributed by atoms with Crippen molar-refractivity contribution >= 4 is 28.5 Å². The molecule has 5 rings (SSSR count). The highest BCUT2D eigenvalue weighted by Gasteiger charge is 2.35. The van der Waals surface area contributed by atoms with Crippen LogP contribution in [-0.4, -0.2) is 65.2 Å². The summed E-state index contributed by atoms with van der Waals surface area (Å²) in [5, 5.41) is 4.91. The number of fused-ring (bicyclic) bond motifs is 1. The van der Waals surface area contributed by atoms with Crippen molar-refractivity contribution in [3.63, 3.8) is 0 Å². The van der Waals surface area contributed by atoms with Crippen LogP contribution < -0.4 is 11.1 Å². The maximum absolute atomic E-state index is 14.6. The summed E-state index contributed by atoms with van der Waals surface area (Å²) in [5.74, 6) is -3.42. The van der Waals surface area contributed by atoms with E-state index in [1.54, 1.807) is 37.6 Å². The summed E-state index contributed by atoms with van der Waals surface area (Å²) < 4.78 is 28.1. The van der Waals surface area contributed by atoms with Crippen LogP contribution in [0.2, 0.25) is 0 Å². The molecule has 0 fully saturated rings. The standard InChI is InChI=1S/C40H41F2N5O3/c1-26(43)31-9-6-10-33(25-31)39(49)47(3)37(24-28-11-13-30-7-4-5-8-32(30)21-28)40(50)46(2)36(23-29-12-14-34(41)35(42)22-29)38(48)45-20-17-27-15-18-44-19-16-27/h4-16,18-19,21-22,25-26,36-37H,17,20,23-24,43H2,1-3H3,(H,45,48)/t26?,36-,37-/m1/s1. The number of likely N-dealkylation sites (N-methyl/N-ethyl adjacent to an activating group) is 2. The minimum absolute atomic E-state index is 0.0860. The Morgan fingerprint density at radius 1 is 0.740 bits per heavy atom. The van der Waals surface area contributed by atoms with E-state index in [1.807, 2.05) is 67.6 Å². The number of halogens is 2. The molecule has 0 radical (unpaired) electrons. The number of amides is 3. The highest BCUT2D eigenvalue weighted by atomic mass is 19.2. The molecule has 8 nitrogen and oxygen atoms in total. The Morgan fingerprint density at radius 3 is 2.14 bits per heavy atom. The molecule has 1 heterocycles. The van der Waals surface area contributed by atoms with Crippen LogP contribution in [0.15, 0.2) is 109 Å². The van der Waals surface area contributed by atoms with Gasteiger partial charge in [-0.1, -0.05) is 60.7 Å². The van der Waals surface area contributed by atoms with Crippen molar-refractivity contribution in [3.8, 4) is 0 Å². The second kappa shape index (κ2) is 16.3. The summed E-state index contributed by atoms with van der Waals surface area (Å²) in [6.45, 7) is 2.09. The van der Waals surface area contributed by atoms with Crippen LogP contribution in [0.1, 0.15) is 45.6 Å². The molecule has 0 aliphatic heterocycles. The maximum atomic E-state index is 14.6. The van der Waals surface area contributed by atoms with Crippen LogP contribution in [-0.2, 0) is 28.9 Å². The summed E-state index contributed by atoms with van der Waals surface area (Å²) in [4.78, 5) is 49.1. The van der Waals surface area contributed by atoms with Gasteiger partial charge in [0.15, 0.2) is 11.6 Å². The van der Waals surface area contributed by atoms with Gasteiger partial charge in [0.1, 0.15) is 12.1 Å². The van der Waals surface area contributed by atoms with Crippen molar-refractivity contribution in [2.75, 3.05) is 20.6 Å². The SMILES string of the molecule is CC(N)c1cccc(C(=O)N(C)[C@H](Cc2ccc3ccccc3c2)C(=O)N(C)[C@H](Cc2ccc(F)c(F)c2)C(=O)NCCc2ccncc2)c1. The molecule has 1 unspecified atom stereocenters. The number of carbonyl (C=O) groups excluding carboxylic acids is 3. The van der Waals surface area contributed by atoms with Crippen LogP contribution in [0.25, 0.3) is 10.8 Å². The molecule has 0 saturated heterocycles. The summed E-state index contributed by atoms with van der Waals surface area (Å²) in [7, 11) is 3.06. The fourth-order valence-electron chi connectivity index (χ4n) is 5.96. The molecule has 0 saturated carbocycles. The van der Waals surface area contributed by atoms with Gasteiger partial charge in [0.2, 0.25) is 11.8 Å². The fraction of sp³-hybridized carbons (Fsp3) is 0.250. The molecule has 3 N–H and O–H groups in total. The lowest BCUT2D eigenvalue weighted by Crippen LogP contribution is -2.56. The van der Waals surface area contributed by atoms with Crippen LogP contribution in [0.4, 0.5) is 8.78 Å². The first kappa shape index (κ1) is 35.8. The second-order valence-corrected chi connectivity index (χ2v) is 12.5. The lowest BCUT2D eigenvalue weighted by Gasteiger charge is -2.35. The number of nitrogens with zero attached hydrogens (tertiary/aromatic N) is 3. The van der Waals surface area contributed by atoms with Gasteiger partial charge in [-0.05, 0) is 82.8 Å². The van der Waals surface area contributed by atoms with Gasteiger partial charge in [0.05, 0.1) is 0 Å². The Balaban J connectivity index is 1.47. The first-order chi connectivity index (χ1) is 24.0. The van der Waals surface area contributed by atoms with E-state index in [0.29, 0.717) is 17.5 Å². The number of hydrogen-bond acceptors (Lipinski definition) is 5. The highest BCUT2D eigenvalue weighted by molar-refractivity contribution is 5.98. The number of nitrogens with two attached hydrogens (primary N) is 1. The molecule has 10 heteroatoms. The summed E-state index contributed by atoms with van der Waals surface area (Å²) >= 11 is 0. The largest absolute Gasteiger partial charge is 0.354 e. The maximum Gasteiger partial charge on any atom is 0.254 e. The minimum Gasteiger partial charge on any atom is -0.354 e. The number of pyridine rings is 1. The van der Waals surface area contributed by atoms with Crippen molar-refractivity contribution < 1.29 is 23.2 Å². The molecular weight excluding hydrogens is 636 g/mol. The molecule has 5 aromatic rings. The number of aromatic nitrogens is 1. The Kier molecular flexibility index (Phi) is 11.7. The molecule has 258 valence electrons. The van der Waals surface area contributed by atoms with E-state index in [0.717, 1.165) is 39.6 Å². The van der Waals surface area contributed by atoms with E-state index in [9.17, 15) is 23.2 Å². The molecule has 0 aliphatic carbocycles. The lowest BCUT2D eigenvalue weighted by molar-refractivity contribution is -0.142. The third kappa shape index (κ3) is 8.75. The van der Waals surface area contributed by atoms with Crippen LogP contribution in [0.5, 0.6) is 0 Å². The van der Waals surface area contributed by atoms with E-state index in [1.165, 1.54) is 22.9 Å². The van der Waals surface area contributed by atoms with Crippen molar-refractivity contribution in [1.29, 1.82) is 0 Å². The van der Waals surface area contributed by atoms with Crippen molar-refractivity contribution in [1.82, 2.24) is 20.1 Å². The fourth-order valence-corrected chi connectivity index (χ4v) is 5.96. The molecule has 3 amide bonds. The second-order valence-electron chi connectivity index (χ2n) is 12.5. The molecular formula is C40H41F2N5O3. The summed E-state index contributed by atoms with van der Waals surface area (Å²) in [6, 6.07) is 25.4. The number of nitrogens with one attached hydrogen (secondary N) is 1. The highest BCUT2D eigenvalue weighted by Crippen LogP contribution is 2.22. The average molecular weight is 678 g/mol. The van der Waals surface area contributed by atoms with Gasteiger partial charge in [0.25, 0.3) is 5.91 Å². The minimum atomic E-state index is -1.10. The third-order valence-corrected chi connectivity index (χ3v) is 8.97. The zero-order valence-electron chi connectivity index (χ0n) is 28.4. The molecule has 0 aliphatic rings. The van der Waals surface area contributed by atoms with E-state index < -0.39 is 35.5 Å². The average Bonchev–Trinajstić information content (AvgIpc) is 3.13. The van der Waals surface area contributed by atoms with Gasteiger partial charge >= 0.3 is 0 Å². The van der Waals surface area contributed by atoms with E-state index >= 15 is 0 Å². The van der Waals surface area contributed by atoms with E-state index in [-0.39, 0.29) is 31.3 Å². The third-order valence-electron chi connectivity index (χ3n) is 8.97. The van der Waals surface area contributed by atoms with Crippen molar-refractivity contribution in [2.24, 2.45) is 5.73 Å². The first-order valence-electron chi connectivity index (χ1n) is 16.5. The Labute approximate surface area is 290 Å². The molecule has 1 aromatic heterocycles. The topological polar surface area (TPSA) is 109 Å². The first-order valence-corrected chi connectivity index (χ1v) is 16.5. The number of benzene rings is 4. The quantitative estimate of drug-likeness (QED) is 0.168. The van der Waals surface area contributed by atoms with Crippen molar-refractivity contribution in [2.45, 2.75) is 44.3 Å². The zero-order chi connectivity index (χ0) is 35.8. The lowest BCUT2D eigenvalue weighted by atomic mass is 9.97. The van der Waals surface area contributed by atoms with Crippen molar-refractivity contribution in [3.05, 3.63) is 149 Å². The number of rotatable bonds is 13. The molecule has 4 aromatic carbocycles. The predicted octanol–water partition coefficient (Wildman–Crippen LogP) is 5.64. The monoisotopic (exact) mass is 677 g/mol. The van der Waals surface area contributed by atoms with Crippen LogP contribution in [0, 0.1) is 11.6 Å². The number of hydrogen-bond donors (Lipinski definition) is 2. The van der Waals surface area contributed by atoms with E-state index in [4.69, 9.17) is 5.73 Å². The van der Waals surface area contributed by atoms with Gasteiger partial charge in [-0.25, -0.2) is 8.78 Å². The van der Waals surface area contributed by atoms with Gasteiger partial charge in [-0.3, -0.25) is 19.4 Å². The van der Waals surface area contributed by atoms with Crippen LogP contribution in [0.3, 0.4) is 0 Å². The summed E-state index contributed by atoms with van der Waals surface area (Å²) in [6.07, 6.45) is 3.92. The number of carbonyl (C=O) groups is 3.